The summed E-state index contributed by atoms with van der Waals surface area (Å²) in [5.41, 5.74) is -0.338. The van der Waals surface area contributed by atoms with Crippen LogP contribution in [0.3, 0.4) is 0 Å². The van der Waals surface area contributed by atoms with Gasteiger partial charge < -0.3 is 15.2 Å². The van der Waals surface area contributed by atoms with Gasteiger partial charge in [-0.05, 0) is 18.9 Å². The number of nitrogens with zero attached hydrogens (tertiary/aromatic N) is 2. The Kier molecular flexibility index (Phi) is 3.21. The molecule has 1 aliphatic rings. The molecular formula is C10H15N3O3. The van der Waals surface area contributed by atoms with Crippen LogP contribution in [-0.4, -0.2) is 34.4 Å². The Balaban J connectivity index is 2.19. The van der Waals surface area contributed by atoms with Crippen molar-refractivity contribution in [3.63, 3.8) is 0 Å². The lowest BCUT2D eigenvalue weighted by atomic mass is 10.2. The summed E-state index contributed by atoms with van der Waals surface area (Å²) in [5, 5.41) is 11.7. The normalized spacial score (nSPS) is 24.6. The number of anilines is 1. The molecule has 1 fully saturated rings. The monoisotopic (exact) mass is 225 g/mol. The van der Waals surface area contributed by atoms with Gasteiger partial charge >= 0.3 is 5.69 Å². The van der Waals surface area contributed by atoms with Crippen molar-refractivity contribution in [2.24, 2.45) is 0 Å². The van der Waals surface area contributed by atoms with Gasteiger partial charge in [-0.1, -0.05) is 0 Å². The zero-order valence-electron chi connectivity index (χ0n) is 9.09. The van der Waals surface area contributed by atoms with Gasteiger partial charge in [-0.15, -0.1) is 0 Å². The summed E-state index contributed by atoms with van der Waals surface area (Å²) < 4.78 is 6.96. The molecule has 0 radical (unpaired) electrons. The fourth-order valence-corrected chi connectivity index (χ4v) is 1.80. The van der Waals surface area contributed by atoms with E-state index in [-0.39, 0.29) is 24.6 Å². The molecule has 1 unspecified atom stereocenters. The Labute approximate surface area is 92.9 Å². The van der Waals surface area contributed by atoms with Crippen molar-refractivity contribution in [1.29, 1.82) is 0 Å². The molecule has 0 aromatic carbocycles. The Morgan fingerprint density at radius 3 is 3.06 bits per heavy atom. The number of hydrogen-bond acceptors (Lipinski definition) is 5. The van der Waals surface area contributed by atoms with Gasteiger partial charge in [-0.25, -0.2) is 4.79 Å². The maximum absolute atomic E-state index is 11.7. The van der Waals surface area contributed by atoms with Gasteiger partial charge in [0.2, 0.25) is 0 Å². The minimum atomic E-state index is -0.338. The molecule has 0 spiro atoms. The first-order valence-corrected chi connectivity index (χ1v) is 5.28. The highest BCUT2D eigenvalue weighted by atomic mass is 16.5. The first-order valence-electron chi connectivity index (χ1n) is 5.28. The van der Waals surface area contributed by atoms with Crippen LogP contribution in [0.15, 0.2) is 17.1 Å². The van der Waals surface area contributed by atoms with Crippen LogP contribution in [0.1, 0.15) is 19.1 Å². The first kappa shape index (κ1) is 11.1. The van der Waals surface area contributed by atoms with Gasteiger partial charge in [0.25, 0.3) is 0 Å². The lowest BCUT2D eigenvalue weighted by Crippen LogP contribution is -2.27. The molecule has 0 saturated carbocycles. The number of ether oxygens (including phenoxy) is 1. The van der Waals surface area contributed by atoms with E-state index in [0.29, 0.717) is 5.82 Å². The van der Waals surface area contributed by atoms with Gasteiger partial charge in [0, 0.05) is 13.2 Å². The fourth-order valence-electron chi connectivity index (χ4n) is 1.80. The predicted molar refractivity (Wildman–Crippen MR) is 58.3 cm³/mol. The summed E-state index contributed by atoms with van der Waals surface area (Å²) in [6.07, 6.45) is 2.68. The topological polar surface area (TPSA) is 76.4 Å². The highest BCUT2D eigenvalue weighted by molar-refractivity contribution is 5.30. The van der Waals surface area contributed by atoms with Gasteiger partial charge in [0.1, 0.15) is 12.0 Å². The van der Waals surface area contributed by atoms with E-state index in [1.54, 1.807) is 19.3 Å². The Morgan fingerprint density at radius 2 is 2.50 bits per heavy atom. The number of aromatic nitrogens is 2. The summed E-state index contributed by atoms with van der Waals surface area (Å²) >= 11 is 0. The third-order valence-corrected chi connectivity index (χ3v) is 2.69. The lowest BCUT2D eigenvalue weighted by Gasteiger charge is -2.14. The van der Waals surface area contributed by atoms with Gasteiger partial charge in [0.15, 0.2) is 0 Å². The average molecular weight is 225 g/mol. The molecule has 1 aliphatic heterocycles. The molecule has 1 saturated heterocycles. The van der Waals surface area contributed by atoms with E-state index in [9.17, 15) is 4.79 Å². The fraction of sp³-hybridized carbons (Fsp3) is 0.600. The highest BCUT2D eigenvalue weighted by Crippen LogP contribution is 2.26. The van der Waals surface area contributed by atoms with Crippen molar-refractivity contribution in [3.05, 3.63) is 22.7 Å². The van der Waals surface area contributed by atoms with Crippen molar-refractivity contribution in [2.75, 3.05) is 19.0 Å². The van der Waals surface area contributed by atoms with E-state index in [2.05, 4.69) is 10.3 Å². The van der Waals surface area contributed by atoms with E-state index >= 15 is 0 Å². The summed E-state index contributed by atoms with van der Waals surface area (Å²) in [5.74, 6) is 0.540. The molecule has 2 heterocycles. The second-order valence-corrected chi connectivity index (χ2v) is 3.73. The SMILES string of the molecule is CNc1ccn(C2CC[C@@H](CO)O2)c(=O)n1. The molecule has 0 bridgehead atoms. The number of nitrogens with one attached hydrogen (secondary N) is 1. The van der Waals surface area contributed by atoms with Crippen LogP contribution in [0.25, 0.3) is 0 Å². The maximum Gasteiger partial charge on any atom is 0.351 e. The van der Waals surface area contributed by atoms with Crippen LogP contribution in [0.5, 0.6) is 0 Å². The number of aliphatic hydroxyl groups is 1. The van der Waals surface area contributed by atoms with Gasteiger partial charge in [-0.2, -0.15) is 4.98 Å². The van der Waals surface area contributed by atoms with Gasteiger partial charge in [-0.3, -0.25) is 4.57 Å². The van der Waals surface area contributed by atoms with Crippen LogP contribution in [0.2, 0.25) is 0 Å². The summed E-state index contributed by atoms with van der Waals surface area (Å²) in [7, 11) is 1.71. The molecule has 6 heteroatoms. The molecule has 2 N–H and O–H groups in total. The zero-order chi connectivity index (χ0) is 11.5. The molecule has 0 amide bonds. The zero-order valence-corrected chi connectivity index (χ0v) is 9.09. The summed E-state index contributed by atoms with van der Waals surface area (Å²) in [6, 6.07) is 1.72. The molecule has 2 rings (SSSR count). The lowest BCUT2D eigenvalue weighted by molar-refractivity contribution is -0.0245. The number of rotatable bonds is 3. The van der Waals surface area contributed by atoms with E-state index in [1.165, 1.54) is 4.57 Å². The minimum absolute atomic E-state index is 0.00667. The molecule has 1 aromatic rings. The van der Waals surface area contributed by atoms with Crippen molar-refractivity contribution < 1.29 is 9.84 Å². The number of aliphatic hydroxyl groups excluding tert-OH is 1. The largest absolute Gasteiger partial charge is 0.394 e. The third kappa shape index (κ3) is 2.07. The van der Waals surface area contributed by atoms with Crippen molar-refractivity contribution in [2.45, 2.75) is 25.2 Å². The van der Waals surface area contributed by atoms with Crippen LogP contribution in [-0.2, 0) is 4.74 Å². The standard InChI is InChI=1S/C10H15N3O3/c1-11-8-4-5-13(10(15)12-8)9-3-2-7(6-14)16-9/h4-5,7,9,14H,2-3,6H2,1H3,(H,11,12,15)/t7-,9?/m0/s1. The summed E-state index contributed by atoms with van der Waals surface area (Å²) in [4.78, 5) is 15.5. The van der Waals surface area contributed by atoms with Gasteiger partial charge in [0.05, 0.1) is 12.7 Å². The molecule has 0 aliphatic carbocycles. The van der Waals surface area contributed by atoms with Crippen LogP contribution in [0.4, 0.5) is 5.82 Å². The average Bonchev–Trinajstić information content (AvgIpc) is 2.77. The maximum atomic E-state index is 11.7. The van der Waals surface area contributed by atoms with Crippen molar-refractivity contribution in [1.82, 2.24) is 9.55 Å². The second-order valence-electron chi connectivity index (χ2n) is 3.73. The Hall–Kier alpha value is -1.40. The van der Waals surface area contributed by atoms with Crippen LogP contribution >= 0.6 is 0 Å². The number of hydrogen-bond donors (Lipinski definition) is 2. The molecular weight excluding hydrogens is 210 g/mol. The molecule has 1 aromatic heterocycles. The Morgan fingerprint density at radius 1 is 1.69 bits per heavy atom. The van der Waals surface area contributed by atoms with Crippen molar-refractivity contribution in [3.8, 4) is 0 Å². The van der Waals surface area contributed by atoms with E-state index in [0.717, 1.165) is 12.8 Å². The van der Waals surface area contributed by atoms with E-state index < -0.39 is 0 Å². The van der Waals surface area contributed by atoms with E-state index in [4.69, 9.17) is 9.84 Å². The molecule has 2 atom stereocenters. The van der Waals surface area contributed by atoms with Crippen LogP contribution in [0, 0.1) is 0 Å². The third-order valence-electron chi connectivity index (χ3n) is 2.69. The first-order chi connectivity index (χ1) is 7.74. The summed E-state index contributed by atoms with van der Waals surface area (Å²) in [6.45, 7) is -0.00667. The van der Waals surface area contributed by atoms with E-state index in [1.807, 2.05) is 0 Å². The quantitative estimate of drug-likeness (QED) is 0.754. The minimum Gasteiger partial charge on any atom is -0.394 e. The highest BCUT2D eigenvalue weighted by Gasteiger charge is 2.26. The predicted octanol–water partition coefficient (Wildman–Crippen LogP) is -0.0451. The van der Waals surface area contributed by atoms with Crippen molar-refractivity contribution >= 4 is 5.82 Å². The smallest absolute Gasteiger partial charge is 0.351 e. The van der Waals surface area contributed by atoms with Crippen LogP contribution < -0.4 is 11.0 Å². The molecule has 88 valence electrons. The molecule has 6 nitrogen and oxygen atoms in total. The second kappa shape index (κ2) is 4.63. The Bertz CT molecular complexity index is 418. The molecule has 16 heavy (non-hydrogen) atoms.